The molecule has 7 heteroatoms. The molecule has 122 valence electrons. The molecule has 0 aliphatic heterocycles. The van der Waals surface area contributed by atoms with Crippen LogP contribution in [0.1, 0.15) is 29.5 Å². The van der Waals surface area contributed by atoms with Crippen LogP contribution >= 0.6 is 11.3 Å². The minimum atomic E-state index is 0.572. The molecule has 0 fully saturated rings. The molecule has 0 unspecified atom stereocenters. The van der Waals surface area contributed by atoms with Crippen LogP contribution in [0.5, 0.6) is 0 Å². The largest absolute Gasteiger partial charge is 0.467 e. The zero-order valence-corrected chi connectivity index (χ0v) is 14.1. The number of anilines is 1. The first-order valence-electron chi connectivity index (χ1n) is 8.20. The number of hydrogen-bond donors (Lipinski definition) is 1. The maximum absolute atomic E-state index is 5.38. The Balaban J connectivity index is 1.64. The van der Waals surface area contributed by atoms with Gasteiger partial charge in [-0.2, -0.15) is 9.61 Å². The summed E-state index contributed by atoms with van der Waals surface area (Å²) in [4.78, 5) is 11.9. The first kappa shape index (κ1) is 14.0. The monoisotopic (exact) mass is 339 g/mol. The molecule has 4 aromatic rings. The quantitative estimate of drug-likeness (QED) is 0.617. The van der Waals surface area contributed by atoms with Gasteiger partial charge in [0.25, 0.3) is 0 Å². The molecule has 0 saturated carbocycles. The third-order valence-corrected chi connectivity index (χ3v) is 5.85. The van der Waals surface area contributed by atoms with Crippen molar-refractivity contribution in [3.05, 3.63) is 40.9 Å². The van der Waals surface area contributed by atoms with Crippen molar-refractivity contribution >= 4 is 33.1 Å². The molecule has 0 aromatic carbocycles. The average molecular weight is 339 g/mol. The van der Waals surface area contributed by atoms with E-state index in [0.29, 0.717) is 12.5 Å². The van der Waals surface area contributed by atoms with Gasteiger partial charge in [0.2, 0.25) is 5.95 Å². The third-order valence-electron chi connectivity index (χ3n) is 4.67. The van der Waals surface area contributed by atoms with Crippen molar-refractivity contribution in [1.82, 2.24) is 19.6 Å². The predicted octanol–water partition coefficient (Wildman–Crippen LogP) is 3.67. The predicted molar refractivity (Wildman–Crippen MR) is 93.4 cm³/mol. The number of rotatable bonds is 3. The Morgan fingerprint density at radius 2 is 2.42 bits per heavy atom. The van der Waals surface area contributed by atoms with Crippen LogP contribution < -0.4 is 5.32 Å². The topological polar surface area (TPSA) is 68.2 Å². The number of aryl methyl sites for hydroxylation is 1. The lowest BCUT2D eigenvalue weighted by Gasteiger charge is -2.17. The second kappa shape index (κ2) is 5.31. The van der Waals surface area contributed by atoms with Crippen molar-refractivity contribution in [2.75, 3.05) is 5.32 Å². The van der Waals surface area contributed by atoms with Crippen LogP contribution in [-0.2, 0) is 19.4 Å². The van der Waals surface area contributed by atoms with Gasteiger partial charge in [-0.05, 0) is 42.9 Å². The van der Waals surface area contributed by atoms with Gasteiger partial charge < -0.3 is 9.73 Å². The Morgan fingerprint density at radius 1 is 1.46 bits per heavy atom. The Hall–Kier alpha value is -2.41. The highest BCUT2D eigenvalue weighted by Crippen LogP contribution is 2.39. The lowest BCUT2D eigenvalue weighted by atomic mass is 9.89. The molecule has 1 aliphatic rings. The molecular weight excluding hydrogens is 322 g/mol. The minimum absolute atomic E-state index is 0.572. The fraction of sp³-hybridized carbons (Fsp3) is 0.353. The van der Waals surface area contributed by atoms with Gasteiger partial charge in [-0.1, -0.05) is 6.92 Å². The molecule has 6 nitrogen and oxygen atoms in total. The number of nitrogens with one attached hydrogen (secondary N) is 1. The third kappa shape index (κ3) is 2.11. The van der Waals surface area contributed by atoms with Crippen LogP contribution in [0, 0.1) is 5.92 Å². The van der Waals surface area contributed by atoms with Crippen LogP contribution in [0.2, 0.25) is 0 Å². The number of fused-ring (bicyclic) bond motifs is 5. The van der Waals surface area contributed by atoms with Crippen molar-refractivity contribution in [3.63, 3.8) is 0 Å². The van der Waals surface area contributed by atoms with Gasteiger partial charge in [-0.25, -0.2) is 9.97 Å². The van der Waals surface area contributed by atoms with Crippen molar-refractivity contribution in [2.45, 2.75) is 32.7 Å². The van der Waals surface area contributed by atoms with E-state index in [4.69, 9.17) is 9.40 Å². The molecule has 4 aromatic heterocycles. The van der Waals surface area contributed by atoms with E-state index in [-0.39, 0.29) is 0 Å². The minimum Gasteiger partial charge on any atom is -0.467 e. The summed E-state index contributed by atoms with van der Waals surface area (Å²) in [6.45, 7) is 2.89. The number of nitrogens with zero attached hydrogens (tertiary/aromatic N) is 4. The smallest absolute Gasteiger partial charge is 0.227 e. The second-order valence-electron chi connectivity index (χ2n) is 6.40. The Labute approximate surface area is 142 Å². The molecule has 0 radical (unpaired) electrons. The van der Waals surface area contributed by atoms with Crippen LogP contribution in [0.15, 0.2) is 29.1 Å². The summed E-state index contributed by atoms with van der Waals surface area (Å²) in [6.07, 6.45) is 6.79. The molecule has 1 atom stereocenters. The summed E-state index contributed by atoms with van der Waals surface area (Å²) in [5.74, 6) is 2.29. The molecule has 0 amide bonds. The number of hydrogen-bond acceptors (Lipinski definition) is 6. The highest BCUT2D eigenvalue weighted by atomic mass is 32.1. The first-order chi connectivity index (χ1) is 11.8. The van der Waals surface area contributed by atoms with Crippen LogP contribution in [0.25, 0.3) is 15.9 Å². The van der Waals surface area contributed by atoms with E-state index in [1.807, 2.05) is 12.1 Å². The summed E-state index contributed by atoms with van der Waals surface area (Å²) in [7, 11) is 0. The van der Waals surface area contributed by atoms with Gasteiger partial charge >= 0.3 is 0 Å². The highest BCUT2D eigenvalue weighted by molar-refractivity contribution is 7.19. The zero-order valence-electron chi connectivity index (χ0n) is 13.3. The SMILES string of the molecule is C[C@@H]1CCc2sc3nc(NCc4ccco4)n4ncnc4c3c2C1. The van der Waals surface area contributed by atoms with Crippen molar-refractivity contribution in [3.8, 4) is 0 Å². The summed E-state index contributed by atoms with van der Waals surface area (Å²) in [5.41, 5.74) is 2.32. The van der Waals surface area contributed by atoms with Crippen molar-refractivity contribution < 1.29 is 4.42 Å². The van der Waals surface area contributed by atoms with E-state index in [9.17, 15) is 0 Å². The maximum Gasteiger partial charge on any atom is 0.227 e. The molecule has 5 rings (SSSR count). The number of aromatic nitrogens is 4. The Bertz CT molecular complexity index is 1020. The maximum atomic E-state index is 5.38. The number of thiophene rings is 1. The van der Waals surface area contributed by atoms with Gasteiger partial charge in [0.05, 0.1) is 18.2 Å². The van der Waals surface area contributed by atoms with Crippen molar-refractivity contribution in [1.29, 1.82) is 0 Å². The van der Waals surface area contributed by atoms with Gasteiger partial charge in [0.1, 0.15) is 16.9 Å². The van der Waals surface area contributed by atoms with Gasteiger partial charge in [-0.3, -0.25) is 0 Å². The standard InChI is InChI=1S/C17H17N5OS/c1-10-4-5-13-12(7-10)14-15-19-9-20-22(15)17(21-16(14)24-13)18-8-11-3-2-6-23-11/h2-3,6,9-10H,4-5,7-8H2,1H3,(H,18,21)/t10-/m1/s1. The molecule has 1 aliphatic carbocycles. The van der Waals surface area contributed by atoms with Crippen molar-refractivity contribution in [2.24, 2.45) is 5.92 Å². The second-order valence-corrected chi connectivity index (χ2v) is 7.48. The van der Waals surface area contributed by atoms with Crippen LogP contribution in [0.3, 0.4) is 0 Å². The molecule has 0 bridgehead atoms. The molecular formula is C17H17N5OS. The fourth-order valence-corrected chi connectivity index (χ4v) is 4.67. The van der Waals surface area contributed by atoms with Gasteiger partial charge in [-0.15, -0.1) is 11.3 Å². The van der Waals surface area contributed by atoms with E-state index < -0.39 is 0 Å². The van der Waals surface area contributed by atoms with Crippen LogP contribution in [-0.4, -0.2) is 19.6 Å². The van der Waals surface area contributed by atoms with E-state index in [0.717, 1.165) is 35.0 Å². The van der Waals surface area contributed by atoms with Gasteiger partial charge in [0, 0.05) is 4.88 Å². The lowest BCUT2D eigenvalue weighted by molar-refractivity contribution is 0.508. The molecule has 4 heterocycles. The average Bonchev–Trinajstić information content (AvgIpc) is 3.30. The highest BCUT2D eigenvalue weighted by Gasteiger charge is 2.24. The Morgan fingerprint density at radius 3 is 3.29 bits per heavy atom. The fourth-order valence-electron chi connectivity index (χ4n) is 3.46. The number of furan rings is 1. The lowest BCUT2D eigenvalue weighted by Crippen LogP contribution is -2.10. The first-order valence-corrected chi connectivity index (χ1v) is 9.01. The summed E-state index contributed by atoms with van der Waals surface area (Å²) in [5, 5.41) is 8.87. The molecule has 1 N–H and O–H groups in total. The van der Waals surface area contributed by atoms with Gasteiger partial charge in [0.15, 0.2) is 5.65 Å². The zero-order chi connectivity index (χ0) is 16.1. The van der Waals surface area contributed by atoms with E-state index in [1.54, 1.807) is 28.4 Å². The van der Waals surface area contributed by atoms with E-state index in [2.05, 4.69) is 22.3 Å². The summed E-state index contributed by atoms with van der Waals surface area (Å²) >= 11 is 1.80. The van der Waals surface area contributed by atoms with E-state index in [1.165, 1.54) is 22.2 Å². The summed E-state index contributed by atoms with van der Waals surface area (Å²) < 4.78 is 7.18. The molecule has 0 saturated heterocycles. The van der Waals surface area contributed by atoms with Crippen LogP contribution in [0.4, 0.5) is 5.95 Å². The molecule has 0 spiro atoms. The Kier molecular flexibility index (Phi) is 3.09. The molecule has 24 heavy (non-hydrogen) atoms. The van der Waals surface area contributed by atoms with E-state index >= 15 is 0 Å². The summed E-state index contributed by atoms with van der Waals surface area (Å²) in [6, 6.07) is 3.82. The normalized spacial score (nSPS) is 17.5.